The standard InChI is InChI=1S/C14H8ClF5/c1-6-2-3-8(17)12(14(6)20)13(15)11-9(18)4-7(16)5-10(11)19/h2-5,13H,1H3. The molecule has 0 aromatic heterocycles. The number of benzene rings is 2. The van der Waals surface area contributed by atoms with E-state index < -0.39 is 45.6 Å². The van der Waals surface area contributed by atoms with Crippen molar-refractivity contribution in [3.8, 4) is 0 Å². The van der Waals surface area contributed by atoms with E-state index in [1.165, 1.54) is 13.0 Å². The highest BCUT2D eigenvalue weighted by molar-refractivity contribution is 6.22. The molecule has 0 heterocycles. The summed E-state index contributed by atoms with van der Waals surface area (Å²) in [7, 11) is 0. The van der Waals surface area contributed by atoms with Crippen molar-refractivity contribution in [3.63, 3.8) is 0 Å². The summed E-state index contributed by atoms with van der Waals surface area (Å²) in [5.74, 6) is -5.77. The largest absolute Gasteiger partial charge is 0.207 e. The average Bonchev–Trinajstić information content (AvgIpc) is 2.33. The molecule has 1 unspecified atom stereocenters. The predicted molar refractivity (Wildman–Crippen MR) is 65.1 cm³/mol. The quantitative estimate of drug-likeness (QED) is 0.540. The van der Waals surface area contributed by atoms with Crippen LogP contribution in [0.3, 0.4) is 0 Å². The lowest BCUT2D eigenvalue weighted by molar-refractivity contribution is 0.514. The van der Waals surface area contributed by atoms with E-state index in [4.69, 9.17) is 11.6 Å². The van der Waals surface area contributed by atoms with Crippen LogP contribution >= 0.6 is 11.6 Å². The molecule has 0 radical (unpaired) electrons. The topological polar surface area (TPSA) is 0 Å². The molecule has 0 aliphatic heterocycles. The SMILES string of the molecule is Cc1ccc(F)c(C(Cl)c2c(F)cc(F)cc2F)c1F. The fourth-order valence-corrected chi connectivity index (χ4v) is 2.26. The molecular formula is C14H8ClF5. The van der Waals surface area contributed by atoms with Crippen molar-refractivity contribution in [2.24, 2.45) is 0 Å². The van der Waals surface area contributed by atoms with Crippen LogP contribution in [-0.4, -0.2) is 0 Å². The van der Waals surface area contributed by atoms with Gasteiger partial charge in [-0.25, -0.2) is 22.0 Å². The summed E-state index contributed by atoms with van der Waals surface area (Å²) in [6, 6.07) is 2.93. The number of hydrogen-bond donors (Lipinski definition) is 0. The van der Waals surface area contributed by atoms with Gasteiger partial charge in [-0.3, -0.25) is 0 Å². The summed E-state index contributed by atoms with van der Waals surface area (Å²) in [5.41, 5.74) is -1.39. The fourth-order valence-electron chi connectivity index (χ4n) is 1.85. The summed E-state index contributed by atoms with van der Waals surface area (Å²) in [6.45, 7) is 1.36. The second-order valence-electron chi connectivity index (χ2n) is 4.24. The van der Waals surface area contributed by atoms with Crippen molar-refractivity contribution < 1.29 is 22.0 Å². The van der Waals surface area contributed by atoms with Gasteiger partial charge in [-0.05, 0) is 18.6 Å². The third-order valence-electron chi connectivity index (χ3n) is 2.87. The van der Waals surface area contributed by atoms with Crippen LogP contribution in [0.5, 0.6) is 0 Å². The van der Waals surface area contributed by atoms with E-state index in [0.29, 0.717) is 12.1 Å². The van der Waals surface area contributed by atoms with E-state index in [0.717, 1.165) is 6.07 Å². The lowest BCUT2D eigenvalue weighted by Crippen LogP contribution is -2.07. The van der Waals surface area contributed by atoms with E-state index in [-0.39, 0.29) is 5.56 Å². The molecule has 1 atom stereocenters. The number of alkyl halides is 1. The first kappa shape index (κ1) is 14.8. The summed E-state index contributed by atoms with van der Waals surface area (Å²) in [5, 5.41) is -1.74. The first-order chi connectivity index (χ1) is 9.32. The Bertz CT molecular complexity index is 646. The second-order valence-corrected chi connectivity index (χ2v) is 4.67. The Balaban J connectivity index is 2.64. The van der Waals surface area contributed by atoms with E-state index >= 15 is 0 Å². The van der Waals surface area contributed by atoms with Gasteiger partial charge in [0, 0.05) is 23.3 Å². The maximum absolute atomic E-state index is 13.9. The Morgan fingerprint density at radius 3 is 1.95 bits per heavy atom. The van der Waals surface area contributed by atoms with Gasteiger partial charge < -0.3 is 0 Å². The van der Waals surface area contributed by atoms with Crippen molar-refractivity contribution in [2.45, 2.75) is 12.3 Å². The van der Waals surface area contributed by atoms with Gasteiger partial charge in [0.25, 0.3) is 0 Å². The lowest BCUT2D eigenvalue weighted by atomic mass is 10.00. The van der Waals surface area contributed by atoms with Crippen molar-refractivity contribution >= 4 is 11.6 Å². The molecule has 106 valence electrons. The summed E-state index contributed by atoms with van der Waals surface area (Å²) >= 11 is 5.79. The first-order valence-electron chi connectivity index (χ1n) is 5.56. The minimum atomic E-state index is -1.74. The Morgan fingerprint density at radius 2 is 1.40 bits per heavy atom. The molecule has 0 nitrogen and oxygen atoms in total. The molecule has 0 saturated carbocycles. The van der Waals surface area contributed by atoms with Crippen molar-refractivity contribution in [1.29, 1.82) is 0 Å². The Morgan fingerprint density at radius 1 is 0.850 bits per heavy atom. The van der Waals surface area contributed by atoms with Gasteiger partial charge in [0.15, 0.2) is 0 Å². The molecule has 0 fully saturated rings. The van der Waals surface area contributed by atoms with E-state index in [1.807, 2.05) is 0 Å². The molecule has 20 heavy (non-hydrogen) atoms. The number of hydrogen-bond acceptors (Lipinski definition) is 0. The Kier molecular flexibility index (Phi) is 3.99. The normalized spacial score (nSPS) is 12.6. The van der Waals surface area contributed by atoms with Gasteiger partial charge >= 0.3 is 0 Å². The molecule has 2 aromatic carbocycles. The summed E-state index contributed by atoms with van der Waals surface area (Å²) < 4.78 is 67.6. The van der Waals surface area contributed by atoms with Crippen molar-refractivity contribution in [1.82, 2.24) is 0 Å². The van der Waals surface area contributed by atoms with Crippen LogP contribution in [0, 0.1) is 36.0 Å². The van der Waals surface area contributed by atoms with Crippen LogP contribution in [0.1, 0.15) is 22.1 Å². The van der Waals surface area contributed by atoms with Crippen LogP contribution in [0.4, 0.5) is 22.0 Å². The van der Waals surface area contributed by atoms with Crippen molar-refractivity contribution in [2.75, 3.05) is 0 Å². The zero-order chi connectivity index (χ0) is 15.0. The van der Waals surface area contributed by atoms with Gasteiger partial charge in [0.2, 0.25) is 0 Å². The van der Waals surface area contributed by atoms with E-state index in [9.17, 15) is 22.0 Å². The smallest absolute Gasteiger partial charge is 0.134 e. The number of rotatable bonds is 2. The fraction of sp³-hybridized carbons (Fsp3) is 0.143. The highest BCUT2D eigenvalue weighted by Crippen LogP contribution is 2.36. The molecule has 0 bridgehead atoms. The highest BCUT2D eigenvalue weighted by Gasteiger charge is 2.27. The van der Waals surface area contributed by atoms with Crippen molar-refractivity contribution in [3.05, 3.63) is 70.0 Å². The van der Waals surface area contributed by atoms with Gasteiger partial charge in [0.05, 0.1) is 5.38 Å². The third-order valence-corrected chi connectivity index (χ3v) is 3.31. The third kappa shape index (κ3) is 2.50. The molecule has 0 spiro atoms. The molecule has 2 aromatic rings. The highest BCUT2D eigenvalue weighted by atomic mass is 35.5. The molecule has 6 heteroatoms. The van der Waals surface area contributed by atoms with Crippen LogP contribution in [0.15, 0.2) is 24.3 Å². The Labute approximate surface area is 116 Å². The van der Waals surface area contributed by atoms with Gasteiger partial charge in [-0.1, -0.05) is 6.07 Å². The van der Waals surface area contributed by atoms with Gasteiger partial charge in [-0.15, -0.1) is 11.6 Å². The maximum atomic E-state index is 13.9. The zero-order valence-electron chi connectivity index (χ0n) is 10.2. The molecular weight excluding hydrogens is 299 g/mol. The van der Waals surface area contributed by atoms with Crippen LogP contribution < -0.4 is 0 Å². The summed E-state index contributed by atoms with van der Waals surface area (Å²) in [4.78, 5) is 0. The van der Waals surface area contributed by atoms with E-state index in [2.05, 4.69) is 0 Å². The predicted octanol–water partition coefficient (Wildman–Crippen LogP) is 5.02. The maximum Gasteiger partial charge on any atom is 0.134 e. The van der Waals surface area contributed by atoms with Crippen LogP contribution in [-0.2, 0) is 0 Å². The van der Waals surface area contributed by atoms with E-state index in [1.54, 1.807) is 0 Å². The Hall–Kier alpha value is -1.62. The van der Waals surface area contributed by atoms with Gasteiger partial charge in [0.1, 0.15) is 29.1 Å². The minimum Gasteiger partial charge on any atom is -0.207 e. The molecule has 0 aliphatic rings. The number of aryl methyl sites for hydroxylation is 1. The lowest BCUT2D eigenvalue weighted by Gasteiger charge is -2.15. The first-order valence-corrected chi connectivity index (χ1v) is 5.99. The number of halogens is 6. The van der Waals surface area contributed by atoms with Gasteiger partial charge in [-0.2, -0.15) is 0 Å². The zero-order valence-corrected chi connectivity index (χ0v) is 10.9. The molecule has 2 rings (SSSR count). The molecule has 0 N–H and O–H groups in total. The second kappa shape index (κ2) is 5.40. The monoisotopic (exact) mass is 306 g/mol. The summed E-state index contributed by atoms with van der Waals surface area (Å²) in [6.07, 6.45) is 0. The molecule has 0 saturated heterocycles. The van der Waals surface area contributed by atoms with Crippen LogP contribution in [0.25, 0.3) is 0 Å². The van der Waals surface area contributed by atoms with Crippen LogP contribution in [0.2, 0.25) is 0 Å². The molecule has 0 amide bonds. The molecule has 0 aliphatic carbocycles. The average molecular weight is 307 g/mol. The minimum absolute atomic E-state index is 0.0787.